The summed E-state index contributed by atoms with van der Waals surface area (Å²) in [6.07, 6.45) is 3.21. The lowest BCUT2D eigenvalue weighted by Gasteiger charge is -2.22. The van der Waals surface area contributed by atoms with Crippen LogP contribution in [0.4, 0.5) is 0 Å². The average molecular weight is 458 g/mol. The number of allylic oxidation sites excluding steroid dienone is 1. The van der Waals surface area contributed by atoms with E-state index < -0.39 is 17.9 Å². The summed E-state index contributed by atoms with van der Waals surface area (Å²) in [5.41, 5.74) is 1.93. The maximum absolute atomic E-state index is 12.9. The number of ether oxygens (including phenoxy) is 1. The molecule has 0 fully saturated rings. The summed E-state index contributed by atoms with van der Waals surface area (Å²) >= 11 is 14.2. The van der Waals surface area contributed by atoms with Crippen molar-refractivity contribution in [3.63, 3.8) is 0 Å². The van der Waals surface area contributed by atoms with Crippen molar-refractivity contribution < 1.29 is 19.1 Å². The molecular weight excluding hydrogens is 437 g/mol. The summed E-state index contributed by atoms with van der Waals surface area (Å²) in [5.74, 6) is -1.48. The van der Waals surface area contributed by atoms with E-state index in [0.29, 0.717) is 19.4 Å². The van der Waals surface area contributed by atoms with E-state index in [1.165, 1.54) is 18.9 Å². The molecular formula is C19H21Cl2N3O4S. The third-order valence-electron chi connectivity index (χ3n) is 4.76. The Labute approximate surface area is 182 Å². The highest BCUT2D eigenvalue weighted by molar-refractivity contribution is 8.03. The van der Waals surface area contributed by atoms with Crippen molar-refractivity contribution in [2.75, 3.05) is 20.2 Å². The second kappa shape index (κ2) is 9.84. The number of hydrogen-bond donors (Lipinski definition) is 3. The normalized spacial score (nSPS) is 18.7. The van der Waals surface area contributed by atoms with Crippen LogP contribution in [0.5, 0.6) is 0 Å². The number of rotatable bonds is 6. The van der Waals surface area contributed by atoms with E-state index in [1.54, 1.807) is 6.07 Å². The van der Waals surface area contributed by atoms with Crippen LogP contribution in [0.15, 0.2) is 17.6 Å². The lowest BCUT2D eigenvalue weighted by Crippen LogP contribution is -2.50. The van der Waals surface area contributed by atoms with Gasteiger partial charge in [-0.05, 0) is 42.0 Å². The summed E-state index contributed by atoms with van der Waals surface area (Å²) < 4.78 is 4.76. The molecule has 7 nitrogen and oxygen atoms in total. The number of methoxy groups -OCH3 is 1. The maximum Gasteiger partial charge on any atom is 0.330 e. The van der Waals surface area contributed by atoms with Gasteiger partial charge in [0.2, 0.25) is 5.91 Å². The quantitative estimate of drug-likeness (QED) is 0.565. The number of halogens is 2. The van der Waals surface area contributed by atoms with Gasteiger partial charge >= 0.3 is 5.97 Å². The van der Waals surface area contributed by atoms with Crippen molar-refractivity contribution in [2.24, 2.45) is 0 Å². The van der Waals surface area contributed by atoms with E-state index in [-0.39, 0.29) is 33.3 Å². The minimum Gasteiger partial charge on any atom is -0.467 e. The highest BCUT2D eigenvalue weighted by atomic mass is 35.5. The molecule has 2 aliphatic rings. The van der Waals surface area contributed by atoms with Crippen molar-refractivity contribution in [3.05, 3.63) is 44.3 Å². The SMILES string of the molecule is COC(=O)[C@H](CNC(=O)C1CC=CS1)NC(=O)c1c(Cl)cc2c(c1Cl)CCNC2. The lowest BCUT2D eigenvalue weighted by atomic mass is 9.97. The highest BCUT2D eigenvalue weighted by Gasteiger charge is 2.28. The number of carbonyl (C=O) groups excluding carboxylic acids is 3. The molecule has 156 valence electrons. The number of thioether (sulfide) groups is 1. The summed E-state index contributed by atoms with van der Waals surface area (Å²) in [4.78, 5) is 37.2. The van der Waals surface area contributed by atoms with Crippen molar-refractivity contribution in [1.82, 2.24) is 16.0 Å². The number of fused-ring (bicyclic) bond motifs is 1. The van der Waals surface area contributed by atoms with Crippen molar-refractivity contribution in [1.29, 1.82) is 0 Å². The number of carbonyl (C=O) groups is 3. The van der Waals surface area contributed by atoms with Gasteiger partial charge in [0.1, 0.15) is 6.04 Å². The van der Waals surface area contributed by atoms with Crippen LogP contribution in [0.25, 0.3) is 0 Å². The minimum atomic E-state index is -1.07. The molecule has 0 bridgehead atoms. The fraction of sp³-hybridized carbons (Fsp3) is 0.421. The molecule has 3 N–H and O–H groups in total. The Kier molecular flexibility index (Phi) is 7.45. The van der Waals surface area contributed by atoms with Gasteiger partial charge < -0.3 is 20.7 Å². The van der Waals surface area contributed by atoms with Crippen molar-refractivity contribution >= 4 is 52.7 Å². The van der Waals surface area contributed by atoms with Gasteiger partial charge in [0.15, 0.2) is 0 Å². The molecule has 0 spiro atoms. The number of nitrogens with one attached hydrogen (secondary N) is 3. The number of esters is 1. The molecule has 0 radical (unpaired) electrons. The first-order valence-corrected chi connectivity index (χ1v) is 10.8. The monoisotopic (exact) mass is 457 g/mol. The lowest BCUT2D eigenvalue weighted by molar-refractivity contribution is -0.142. The molecule has 2 heterocycles. The number of hydrogen-bond acceptors (Lipinski definition) is 6. The number of amides is 2. The Morgan fingerprint density at radius 2 is 2.17 bits per heavy atom. The Morgan fingerprint density at radius 3 is 2.86 bits per heavy atom. The van der Waals surface area contributed by atoms with Crippen LogP contribution in [-0.2, 0) is 27.3 Å². The van der Waals surface area contributed by atoms with E-state index in [9.17, 15) is 14.4 Å². The standard InChI is InChI=1S/C19H21Cl2N3O4S/c1-28-19(27)13(9-23-17(25)14-3-2-6-29-14)24-18(26)15-12(20)7-10-8-22-5-4-11(10)16(15)21/h2,6-7,13-14,22H,3-5,8-9H2,1H3,(H,23,25)(H,24,26)/t13-,14?/m0/s1. The average Bonchev–Trinajstić information content (AvgIpc) is 3.25. The fourth-order valence-electron chi connectivity index (χ4n) is 3.22. The topological polar surface area (TPSA) is 96.5 Å². The molecule has 0 saturated carbocycles. The van der Waals surface area contributed by atoms with Gasteiger partial charge in [-0.15, -0.1) is 11.8 Å². The molecule has 0 aromatic heterocycles. The summed E-state index contributed by atoms with van der Waals surface area (Å²) in [7, 11) is 1.21. The van der Waals surface area contributed by atoms with Gasteiger partial charge in [0.05, 0.1) is 28.0 Å². The Bertz CT molecular complexity index is 854. The molecule has 0 aliphatic carbocycles. The van der Waals surface area contributed by atoms with Gasteiger partial charge in [0, 0.05) is 13.1 Å². The predicted octanol–water partition coefficient (Wildman–Crippen LogP) is 2.05. The summed E-state index contributed by atoms with van der Waals surface area (Å²) in [5, 5.41) is 10.6. The molecule has 29 heavy (non-hydrogen) atoms. The van der Waals surface area contributed by atoms with Crippen LogP contribution >= 0.6 is 35.0 Å². The molecule has 3 rings (SSSR count). The molecule has 0 saturated heterocycles. The summed E-state index contributed by atoms with van der Waals surface area (Å²) in [6, 6.07) is 0.643. The third kappa shape index (κ3) is 5.06. The molecule has 2 aliphatic heterocycles. The Hall–Kier alpha value is -1.74. The molecule has 1 aromatic rings. The van der Waals surface area contributed by atoms with Crippen LogP contribution in [0, 0.1) is 0 Å². The van der Waals surface area contributed by atoms with Gasteiger partial charge in [0.25, 0.3) is 5.91 Å². The van der Waals surface area contributed by atoms with Gasteiger partial charge in [-0.2, -0.15) is 0 Å². The zero-order valence-electron chi connectivity index (χ0n) is 15.7. The number of benzene rings is 1. The molecule has 1 unspecified atom stereocenters. The summed E-state index contributed by atoms with van der Waals surface area (Å²) in [6.45, 7) is 1.28. The van der Waals surface area contributed by atoms with E-state index in [0.717, 1.165) is 17.7 Å². The third-order valence-corrected chi connectivity index (χ3v) is 6.56. The Balaban J connectivity index is 1.73. The largest absolute Gasteiger partial charge is 0.467 e. The van der Waals surface area contributed by atoms with Crippen LogP contribution in [0.2, 0.25) is 10.0 Å². The molecule has 2 atom stereocenters. The van der Waals surface area contributed by atoms with Crippen molar-refractivity contribution in [3.8, 4) is 0 Å². The second-order valence-corrected chi connectivity index (χ2v) is 8.54. The zero-order valence-corrected chi connectivity index (χ0v) is 18.0. The second-order valence-electron chi connectivity index (χ2n) is 6.64. The first-order valence-electron chi connectivity index (χ1n) is 9.09. The fourth-order valence-corrected chi connectivity index (χ4v) is 4.82. The smallest absolute Gasteiger partial charge is 0.330 e. The zero-order chi connectivity index (χ0) is 21.0. The molecule has 10 heteroatoms. The Morgan fingerprint density at radius 1 is 1.38 bits per heavy atom. The van der Waals surface area contributed by atoms with Crippen molar-refractivity contribution in [2.45, 2.75) is 30.7 Å². The van der Waals surface area contributed by atoms with Crippen LogP contribution < -0.4 is 16.0 Å². The van der Waals surface area contributed by atoms with E-state index in [2.05, 4.69) is 16.0 Å². The minimum absolute atomic E-state index is 0.0988. The van der Waals surface area contributed by atoms with Gasteiger partial charge in [-0.1, -0.05) is 29.3 Å². The van der Waals surface area contributed by atoms with E-state index >= 15 is 0 Å². The van der Waals surface area contributed by atoms with Crippen LogP contribution in [0.3, 0.4) is 0 Å². The molecule has 2 amide bonds. The van der Waals surface area contributed by atoms with Crippen LogP contribution in [-0.4, -0.2) is 49.3 Å². The first-order chi connectivity index (χ1) is 13.9. The highest BCUT2D eigenvalue weighted by Crippen LogP contribution is 2.33. The van der Waals surface area contributed by atoms with Gasteiger partial charge in [-0.3, -0.25) is 9.59 Å². The van der Waals surface area contributed by atoms with Gasteiger partial charge in [-0.25, -0.2) is 4.79 Å². The van der Waals surface area contributed by atoms with Crippen LogP contribution in [0.1, 0.15) is 27.9 Å². The first kappa shape index (κ1) is 22.0. The van der Waals surface area contributed by atoms with E-state index in [4.69, 9.17) is 27.9 Å². The van der Waals surface area contributed by atoms with E-state index in [1.807, 2.05) is 11.5 Å². The molecule has 1 aromatic carbocycles. The maximum atomic E-state index is 12.9. The predicted molar refractivity (Wildman–Crippen MR) is 113 cm³/mol.